The highest BCUT2D eigenvalue weighted by Crippen LogP contribution is 2.19. The second-order valence-corrected chi connectivity index (χ2v) is 7.45. The molecule has 7 nitrogen and oxygen atoms in total. The van der Waals surface area contributed by atoms with E-state index in [0.717, 1.165) is 0 Å². The Hall–Kier alpha value is -2.35. The van der Waals surface area contributed by atoms with E-state index in [1.165, 1.54) is 10.9 Å². The maximum absolute atomic E-state index is 12.1. The van der Waals surface area contributed by atoms with E-state index in [1.54, 1.807) is 12.1 Å². The summed E-state index contributed by atoms with van der Waals surface area (Å²) in [6, 6.07) is 8.63. The monoisotopic (exact) mass is 321 g/mol. The van der Waals surface area contributed by atoms with Crippen molar-refractivity contribution in [2.75, 3.05) is 11.5 Å². The zero-order chi connectivity index (χ0) is 15.7. The molecule has 1 fully saturated rings. The smallest absolute Gasteiger partial charge is 0.275 e. The Kier molecular flexibility index (Phi) is 3.61. The van der Waals surface area contributed by atoms with E-state index in [9.17, 15) is 18.3 Å². The molecule has 0 radical (unpaired) electrons. The van der Waals surface area contributed by atoms with Crippen LogP contribution in [-0.2, 0) is 9.84 Å². The molecule has 1 saturated heterocycles. The summed E-state index contributed by atoms with van der Waals surface area (Å²) >= 11 is 0. The molecular formula is C14H15N3O4S. The topological polar surface area (TPSA) is 101 Å². The number of nitrogens with one attached hydrogen (secondary N) is 1. The Bertz CT molecular complexity index is 799. The molecule has 2 N–H and O–H groups in total. The van der Waals surface area contributed by atoms with Gasteiger partial charge in [0.25, 0.3) is 5.91 Å². The van der Waals surface area contributed by atoms with Crippen molar-refractivity contribution in [2.24, 2.45) is 0 Å². The fourth-order valence-corrected chi connectivity index (χ4v) is 4.08. The fourth-order valence-electron chi connectivity index (χ4n) is 2.40. The number of hydrogen-bond acceptors (Lipinski definition) is 5. The number of sulfone groups is 1. The van der Waals surface area contributed by atoms with Crippen LogP contribution in [0.5, 0.6) is 5.75 Å². The van der Waals surface area contributed by atoms with Crippen LogP contribution in [0.25, 0.3) is 5.69 Å². The second-order valence-electron chi connectivity index (χ2n) is 5.22. The lowest BCUT2D eigenvalue weighted by molar-refractivity contribution is 0.0933. The molecule has 0 unspecified atom stereocenters. The number of para-hydroxylation sites is 1. The minimum atomic E-state index is -3.07. The van der Waals surface area contributed by atoms with Gasteiger partial charge < -0.3 is 10.4 Å². The third-order valence-electron chi connectivity index (χ3n) is 3.50. The van der Waals surface area contributed by atoms with Crippen LogP contribution >= 0.6 is 0 Å². The van der Waals surface area contributed by atoms with E-state index in [-0.39, 0.29) is 22.9 Å². The Morgan fingerprint density at radius 1 is 1.32 bits per heavy atom. The predicted octanol–water partition coefficient (Wildman–Crippen LogP) is 0.495. The first-order valence-corrected chi connectivity index (χ1v) is 8.62. The summed E-state index contributed by atoms with van der Waals surface area (Å²) in [5, 5.41) is 16.5. The lowest BCUT2D eigenvalue weighted by Crippen LogP contribution is -2.35. The highest BCUT2D eigenvalue weighted by molar-refractivity contribution is 7.91. The number of amides is 1. The average molecular weight is 321 g/mol. The van der Waals surface area contributed by atoms with Gasteiger partial charge in [0.15, 0.2) is 21.3 Å². The van der Waals surface area contributed by atoms with Gasteiger partial charge in [0.2, 0.25) is 0 Å². The zero-order valence-corrected chi connectivity index (χ0v) is 12.5. The highest BCUT2D eigenvalue weighted by Gasteiger charge is 2.30. The van der Waals surface area contributed by atoms with Crippen LogP contribution in [0.1, 0.15) is 16.9 Å². The maximum Gasteiger partial charge on any atom is 0.275 e. The molecule has 1 atom stereocenters. The van der Waals surface area contributed by atoms with Gasteiger partial charge in [-0.1, -0.05) is 18.2 Å². The largest absolute Gasteiger partial charge is 0.504 e. The lowest BCUT2D eigenvalue weighted by Gasteiger charge is -2.09. The quantitative estimate of drug-likeness (QED) is 0.857. The van der Waals surface area contributed by atoms with Gasteiger partial charge in [0.1, 0.15) is 0 Å². The first-order valence-electron chi connectivity index (χ1n) is 6.80. The Morgan fingerprint density at radius 3 is 2.68 bits per heavy atom. The number of aromatic nitrogens is 2. The van der Waals surface area contributed by atoms with Crippen molar-refractivity contribution in [3.63, 3.8) is 0 Å². The first-order chi connectivity index (χ1) is 10.4. The van der Waals surface area contributed by atoms with Crippen molar-refractivity contribution in [1.82, 2.24) is 15.1 Å². The second kappa shape index (κ2) is 5.45. The Balaban J connectivity index is 1.78. The van der Waals surface area contributed by atoms with Crippen LogP contribution in [0.15, 0.2) is 36.5 Å². The minimum Gasteiger partial charge on any atom is -0.504 e. The molecule has 0 aliphatic carbocycles. The number of nitrogens with zero attached hydrogens (tertiary/aromatic N) is 2. The van der Waals surface area contributed by atoms with Crippen LogP contribution in [0, 0.1) is 0 Å². The maximum atomic E-state index is 12.1. The van der Waals surface area contributed by atoms with E-state index >= 15 is 0 Å². The van der Waals surface area contributed by atoms with Crippen LogP contribution in [0.4, 0.5) is 0 Å². The van der Waals surface area contributed by atoms with Crippen molar-refractivity contribution in [3.05, 3.63) is 42.2 Å². The van der Waals surface area contributed by atoms with Gasteiger partial charge in [-0.2, -0.15) is 5.10 Å². The van der Waals surface area contributed by atoms with E-state index in [0.29, 0.717) is 12.1 Å². The third kappa shape index (κ3) is 2.96. The molecule has 1 aromatic carbocycles. The Morgan fingerprint density at radius 2 is 2.05 bits per heavy atom. The zero-order valence-electron chi connectivity index (χ0n) is 11.6. The number of hydrogen-bond donors (Lipinski definition) is 2. The molecule has 8 heteroatoms. The molecule has 0 saturated carbocycles. The molecule has 116 valence electrons. The van der Waals surface area contributed by atoms with Crippen molar-refractivity contribution in [3.8, 4) is 11.4 Å². The molecule has 22 heavy (non-hydrogen) atoms. The number of carbonyl (C=O) groups is 1. The lowest BCUT2D eigenvalue weighted by atomic mass is 10.2. The SMILES string of the molecule is O=C(N[C@H]1CCS(=O)(=O)C1)c1nn(-c2ccccc2)cc1O. The molecule has 1 aliphatic heterocycles. The van der Waals surface area contributed by atoms with Crippen molar-refractivity contribution in [2.45, 2.75) is 12.5 Å². The van der Waals surface area contributed by atoms with E-state index in [1.807, 2.05) is 18.2 Å². The van der Waals surface area contributed by atoms with Gasteiger partial charge in [0.05, 0.1) is 23.4 Å². The van der Waals surface area contributed by atoms with Crippen LogP contribution < -0.4 is 5.32 Å². The normalized spacial score (nSPS) is 19.9. The molecule has 1 amide bonds. The van der Waals surface area contributed by atoms with Gasteiger partial charge >= 0.3 is 0 Å². The van der Waals surface area contributed by atoms with Crippen LogP contribution in [0.2, 0.25) is 0 Å². The third-order valence-corrected chi connectivity index (χ3v) is 5.27. The minimum absolute atomic E-state index is 0.0705. The van der Waals surface area contributed by atoms with E-state index < -0.39 is 21.8 Å². The summed E-state index contributed by atoms with van der Waals surface area (Å²) in [5.74, 6) is -0.821. The summed E-state index contributed by atoms with van der Waals surface area (Å²) in [4.78, 5) is 12.1. The van der Waals surface area contributed by atoms with Gasteiger partial charge in [0, 0.05) is 6.04 Å². The summed E-state index contributed by atoms with van der Waals surface area (Å²) in [6.45, 7) is 0. The van der Waals surface area contributed by atoms with Crippen LogP contribution in [0.3, 0.4) is 0 Å². The van der Waals surface area contributed by atoms with Crippen molar-refractivity contribution >= 4 is 15.7 Å². The van der Waals surface area contributed by atoms with Gasteiger partial charge in [-0.25, -0.2) is 13.1 Å². The van der Waals surface area contributed by atoms with Gasteiger partial charge in [-0.15, -0.1) is 0 Å². The molecular weight excluding hydrogens is 306 g/mol. The molecule has 2 heterocycles. The molecule has 0 bridgehead atoms. The van der Waals surface area contributed by atoms with Crippen LogP contribution in [-0.4, -0.2) is 46.8 Å². The van der Waals surface area contributed by atoms with Crippen molar-refractivity contribution in [1.29, 1.82) is 0 Å². The van der Waals surface area contributed by atoms with Gasteiger partial charge in [-0.3, -0.25) is 4.79 Å². The number of aromatic hydroxyl groups is 1. The molecule has 1 aromatic heterocycles. The summed E-state index contributed by atoms with van der Waals surface area (Å²) in [5.41, 5.74) is 0.591. The van der Waals surface area contributed by atoms with Gasteiger partial charge in [-0.05, 0) is 18.6 Å². The standard InChI is InChI=1S/C14H15N3O4S/c18-12-8-17(11-4-2-1-3-5-11)16-13(12)14(19)15-10-6-7-22(20,21)9-10/h1-5,8,10,18H,6-7,9H2,(H,15,19)/t10-/m0/s1. The number of benzene rings is 1. The Labute approximate surface area is 127 Å². The van der Waals surface area contributed by atoms with E-state index in [2.05, 4.69) is 10.4 Å². The average Bonchev–Trinajstić information content (AvgIpc) is 3.02. The summed E-state index contributed by atoms with van der Waals surface area (Å²) < 4.78 is 24.2. The predicted molar refractivity (Wildman–Crippen MR) is 79.8 cm³/mol. The highest BCUT2D eigenvalue weighted by atomic mass is 32.2. The fraction of sp³-hybridized carbons (Fsp3) is 0.286. The first kappa shape index (κ1) is 14.6. The molecule has 3 rings (SSSR count). The molecule has 2 aromatic rings. The summed E-state index contributed by atoms with van der Waals surface area (Å²) in [6.07, 6.45) is 1.73. The molecule has 0 spiro atoms. The number of carbonyl (C=O) groups excluding carboxylic acids is 1. The molecule has 1 aliphatic rings. The van der Waals surface area contributed by atoms with E-state index in [4.69, 9.17) is 0 Å². The summed E-state index contributed by atoms with van der Waals surface area (Å²) in [7, 11) is -3.07. The van der Waals surface area contributed by atoms with Crippen molar-refractivity contribution < 1.29 is 18.3 Å². The number of rotatable bonds is 3.